The van der Waals surface area contributed by atoms with Gasteiger partial charge in [0.15, 0.2) is 0 Å². The molecule has 110 valence electrons. The van der Waals surface area contributed by atoms with Crippen molar-refractivity contribution in [1.29, 1.82) is 0 Å². The number of aliphatic hydroxyl groups is 1. The molecule has 4 nitrogen and oxygen atoms in total. The minimum Gasteiger partial charge on any atom is -0.388 e. The summed E-state index contributed by atoms with van der Waals surface area (Å²) in [5.74, 6) is 0.179. The van der Waals surface area contributed by atoms with Gasteiger partial charge in [0.1, 0.15) is 10.3 Å². The van der Waals surface area contributed by atoms with Crippen LogP contribution in [0.5, 0.6) is 0 Å². The summed E-state index contributed by atoms with van der Waals surface area (Å²) in [6, 6.07) is 2.91. The summed E-state index contributed by atoms with van der Waals surface area (Å²) in [4.78, 5) is 15.8. The van der Waals surface area contributed by atoms with Gasteiger partial charge in [-0.25, -0.2) is 4.98 Å². The van der Waals surface area contributed by atoms with Crippen molar-refractivity contribution in [2.75, 3.05) is 6.54 Å². The summed E-state index contributed by atoms with van der Waals surface area (Å²) in [7, 11) is 0. The zero-order valence-corrected chi connectivity index (χ0v) is 12.8. The standard InChI is InChI=1S/C14H18Cl2N2O2/c1-9-3-2-4-14(20,7-9)8-17-13(19)10-5-11(15)18-12(16)6-10/h5-6,9,20H,2-4,7-8H2,1H3,(H,17,19). The third-order valence-corrected chi connectivity index (χ3v) is 4.06. The minimum atomic E-state index is -0.812. The normalized spacial score (nSPS) is 26.3. The predicted molar refractivity (Wildman–Crippen MR) is 79.2 cm³/mol. The van der Waals surface area contributed by atoms with Crippen LogP contribution in [-0.4, -0.2) is 28.1 Å². The summed E-state index contributed by atoms with van der Waals surface area (Å²) in [5.41, 5.74) is -0.462. The predicted octanol–water partition coefficient (Wildman–Crippen LogP) is 3.06. The molecular weight excluding hydrogens is 299 g/mol. The van der Waals surface area contributed by atoms with Crippen LogP contribution in [0.2, 0.25) is 10.3 Å². The van der Waals surface area contributed by atoms with E-state index in [9.17, 15) is 9.90 Å². The Morgan fingerprint density at radius 3 is 2.75 bits per heavy atom. The van der Waals surface area contributed by atoms with Crippen LogP contribution in [0, 0.1) is 5.92 Å². The van der Waals surface area contributed by atoms with E-state index in [2.05, 4.69) is 17.2 Å². The highest BCUT2D eigenvalue weighted by Gasteiger charge is 2.32. The van der Waals surface area contributed by atoms with Crippen LogP contribution >= 0.6 is 23.2 Å². The molecule has 2 unspecified atom stereocenters. The maximum Gasteiger partial charge on any atom is 0.251 e. The van der Waals surface area contributed by atoms with Crippen LogP contribution in [-0.2, 0) is 0 Å². The number of carbonyl (C=O) groups is 1. The van der Waals surface area contributed by atoms with Crippen LogP contribution in [0.4, 0.5) is 0 Å². The fourth-order valence-corrected chi connectivity index (χ4v) is 3.20. The summed E-state index contributed by atoms with van der Waals surface area (Å²) < 4.78 is 0. The number of halogens is 2. The van der Waals surface area contributed by atoms with Crippen molar-refractivity contribution in [3.8, 4) is 0 Å². The lowest BCUT2D eigenvalue weighted by Gasteiger charge is -2.35. The van der Waals surface area contributed by atoms with Crippen LogP contribution in [0.3, 0.4) is 0 Å². The average Bonchev–Trinajstić information content (AvgIpc) is 2.34. The summed E-state index contributed by atoms with van der Waals surface area (Å²) in [6.07, 6.45) is 3.55. The van der Waals surface area contributed by atoms with Gasteiger partial charge in [-0.3, -0.25) is 4.79 Å². The lowest BCUT2D eigenvalue weighted by Crippen LogP contribution is -2.45. The highest BCUT2D eigenvalue weighted by atomic mass is 35.5. The van der Waals surface area contributed by atoms with Crippen molar-refractivity contribution in [2.45, 2.75) is 38.2 Å². The molecule has 0 saturated heterocycles. The molecule has 2 N–H and O–H groups in total. The Balaban J connectivity index is 1.98. The summed E-state index contributed by atoms with van der Waals surface area (Å²) >= 11 is 11.5. The lowest BCUT2D eigenvalue weighted by atomic mass is 9.79. The molecule has 1 saturated carbocycles. The molecule has 1 aliphatic rings. The smallest absolute Gasteiger partial charge is 0.251 e. The third kappa shape index (κ3) is 4.08. The first-order valence-corrected chi connectivity index (χ1v) is 7.47. The Labute approximate surface area is 128 Å². The Morgan fingerprint density at radius 2 is 2.15 bits per heavy atom. The first-order valence-electron chi connectivity index (χ1n) is 6.72. The fraction of sp³-hybridized carbons (Fsp3) is 0.571. The van der Waals surface area contributed by atoms with E-state index in [1.807, 2.05) is 0 Å². The molecule has 0 aliphatic heterocycles. The highest BCUT2D eigenvalue weighted by Crippen LogP contribution is 2.31. The number of hydrogen-bond donors (Lipinski definition) is 2. The topological polar surface area (TPSA) is 62.2 Å². The number of nitrogens with one attached hydrogen (secondary N) is 1. The Morgan fingerprint density at radius 1 is 1.50 bits per heavy atom. The molecular formula is C14H18Cl2N2O2. The number of rotatable bonds is 3. The second-order valence-electron chi connectivity index (χ2n) is 5.61. The maximum absolute atomic E-state index is 12.0. The molecule has 0 bridgehead atoms. The number of pyridine rings is 1. The molecule has 0 radical (unpaired) electrons. The maximum atomic E-state index is 12.0. The number of hydrogen-bond acceptors (Lipinski definition) is 3. The van der Waals surface area contributed by atoms with Crippen molar-refractivity contribution in [2.24, 2.45) is 5.92 Å². The number of nitrogens with zero attached hydrogens (tertiary/aromatic N) is 1. The number of amides is 1. The van der Waals surface area contributed by atoms with Crippen molar-refractivity contribution < 1.29 is 9.90 Å². The minimum absolute atomic E-state index is 0.174. The lowest BCUT2D eigenvalue weighted by molar-refractivity contribution is -0.0109. The van der Waals surface area contributed by atoms with Crippen LogP contribution in [0.1, 0.15) is 43.0 Å². The summed E-state index contributed by atoms with van der Waals surface area (Å²) in [6.45, 7) is 2.36. The molecule has 0 aromatic carbocycles. The van der Waals surface area contributed by atoms with Gasteiger partial charge in [-0.15, -0.1) is 0 Å². The van der Waals surface area contributed by atoms with E-state index in [1.54, 1.807) is 0 Å². The molecule has 1 fully saturated rings. The molecule has 1 heterocycles. The SMILES string of the molecule is CC1CCCC(O)(CNC(=O)c2cc(Cl)nc(Cl)c2)C1. The van der Waals surface area contributed by atoms with E-state index in [0.717, 1.165) is 19.3 Å². The van der Waals surface area contributed by atoms with E-state index >= 15 is 0 Å². The molecule has 0 spiro atoms. The largest absolute Gasteiger partial charge is 0.388 e. The number of aromatic nitrogens is 1. The second kappa shape index (κ2) is 6.29. The van der Waals surface area contributed by atoms with E-state index in [1.165, 1.54) is 12.1 Å². The van der Waals surface area contributed by atoms with Gasteiger partial charge in [0, 0.05) is 12.1 Å². The van der Waals surface area contributed by atoms with Gasteiger partial charge < -0.3 is 10.4 Å². The molecule has 2 rings (SSSR count). The second-order valence-corrected chi connectivity index (χ2v) is 6.38. The molecule has 20 heavy (non-hydrogen) atoms. The van der Waals surface area contributed by atoms with Gasteiger partial charge in [-0.2, -0.15) is 0 Å². The van der Waals surface area contributed by atoms with Crippen LogP contribution in [0.15, 0.2) is 12.1 Å². The Kier molecular flexibility index (Phi) is 4.89. The Hall–Kier alpha value is -0.840. The molecule has 1 aliphatic carbocycles. The molecule has 2 atom stereocenters. The van der Waals surface area contributed by atoms with Gasteiger partial charge in [0.2, 0.25) is 0 Å². The summed E-state index contributed by atoms with van der Waals surface area (Å²) in [5, 5.41) is 13.6. The number of carbonyl (C=O) groups excluding carboxylic acids is 1. The fourth-order valence-electron chi connectivity index (χ4n) is 2.74. The van der Waals surface area contributed by atoms with Gasteiger partial charge in [-0.1, -0.05) is 43.0 Å². The van der Waals surface area contributed by atoms with Gasteiger partial charge in [0.25, 0.3) is 5.91 Å². The van der Waals surface area contributed by atoms with E-state index in [-0.39, 0.29) is 22.8 Å². The third-order valence-electron chi connectivity index (χ3n) is 3.67. The van der Waals surface area contributed by atoms with Crippen LogP contribution in [0.25, 0.3) is 0 Å². The average molecular weight is 317 g/mol. The highest BCUT2D eigenvalue weighted by molar-refractivity contribution is 6.33. The first-order chi connectivity index (χ1) is 9.38. The van der Waals surface area contributed by atoms with Crippen molar-refractivity contribution in [3.05, 3.63) is 28.0 Å². The van der Waals surface area contributed by atoms with E-state index < -0.39 is 5.60 Å². The van der Waals surface area contributed by atoms with E-state index in [4.69, 9.17) is 23.2 Å². The molecule has 1 amide bonds. The van der Waals surface area contributed by atoms with E-state index in [0.29, 0.717) is 17.9 Å². The van der Waals surface area contributed by atoms with Crippen LogP contribution < -0.4 is 5.32 Å². The first kappa shape index (κ1) is 15.5. The van der Waals surface area contributed by atoms with Crippen molar-refractivity contribution in [3.63, 3.8) is 0 Å². The quantitative estimate of drug-likeness (QED) is 0.842. The monoisotopic (exact) mass is 316 g/mol. The van der Waals surface area contributed by atoms with Gasteiger partial charge >= 0.3 is 0 Å². The Bertz CT molecular complexity index is 490. The van der Waals surface area contributed by atoms with Gasteiger partial charge in [-0.05, 0) is 30.9 Å². The zero-order valence-electron chi connectivity index (χ0n) is 11.3. The molecule has 6 heteroatoms. The molecule has 1 aromatic heterocycles. The van der Waals surface area contributed by atoms with Crippen molar-refractivity contribution >= 4 is 29.1 Å². The zero-order chi connectivity index (χ0) is 14.8. The molecule has 1 aromatic rings. The van der Waals surface area contributed by atoms with Crippen molar-refractivity contribution in [1.82, 2.24) is 10.3 Å². The van der Waals surface area contributed by atoms with Gasteiger partial charge in [0.05, 0.1) is 5.60 Å².